The quantitative estimate of drug-likeness (QED) is 0.529. The van der Waals surface area contributed by atoms with Gasteiger partial charge in [0.25, 0.3) is 0 Å². The van der Waals surface area contributed by atoms with E-state index in [0.717, 1.165) is 48.3 Å². The first-order chi connectivity index (χ1) is 13.7. The molecule has 0 amide bonds. The fourth-order valence-electron chi connectivity index (χ4n) is 8.78. The summed E-state index contributed by atoms with van der Waals surface area (Å²) < 4.78 is 0. The average Bonchev–Trinajstić information content (AvgIpc) is 3.00. The van der Waals surface area contributed by atoms with Crippen LogP contribution in [0.2, 0.25) is 0 Å². The zero-order valence-corrected chi connectivity index (χ0v) is 19.8. The van der Waals surface area contributed by atoms with Gasteiger partial charge in [0.15, 0.2) is 0 Å². The molecule has 0 bridgehead atoms. The summed E-state index contributed by atoms with van der Waals surface area (Å²) in [5.41, 5.74) is 8.70. The van der Waals surface area contributed by atoms with Gasteiger partial charge in [-0.05, 0) is 91.3 Å². The number of hydrogen-bond donors (Lipinski definition) is 2. The lowest BCUT2D eigenvalue weighted by Gasteiger charge is -2.59. The lowest BCUT2D eigenvalue weighted by atomic mass is 9.46. The molecular weight excluding hydrogens is 354 g/mol. The number of allylic oxidation sites excluding steroid dienone is 1. The predicted molar refractivity (Wildman–Crippen MR) is 122 cm³/mol. The van der Waals surface area contributed by atoms with Crippen molar-refractivity contribution in [2.45, 2.75) is 111 Å². The Morgan fingerprint density at radius 1 is 1.10 bits per heavy atom. The lowest BCUT2D eigenvalue weighted by Crippen LogP contribution is -2.54. The maximum Gasteiger partial charge on any atom is 0.0728 e. The third-order valence-electron chi connectivity index (χ3n) is 10.4. The highest BCUT2D eigenvalue weighted by Gasteiger charge is 2.59. The third-order valence-corrected chi connectivity index (χ3v) is 10.4. The highest BCUT2D eigenvalue weighted by Crippen LogP contribution is 2.67. The molecule has 0 aliphatic heterocycles. The van der Waals surface area contributed by atoms with Crippen molar-refractivity contribution < 1.29 is 5.11 Å². The molecule has 9 atom stereocenters. The normalized spacial score (nSPS) is 47.9. The van der Waals surface area contributed by atoms with Gasteiger partial charge >= 0.3 is 0 Å². The van der Waals surface area contributed by atoms with E-state index in [-0.39, 0.29) is 17.6 Å². The molecule has 0 heterocycles. The molecular formula is C27H47NO. The summed E-state index contributed by atoms with van der Waals surface area (Å²) in [4.78, 5) is 0. The van der Waals surface area contributed by atoms with Crippen LogP contribution in [0.15, 0.2) is 11.6 Å². The van der Waals surface area contributed by atoms with Crippen molar-refractivity contribution in [1.29, 1.82) is 0 Å². The molecule has 2 heteroatoms. The fourth-order valence-corrected chi connectivity index (χ4v) is 8.78. The molecule has 0 radical (unpaired) electrons. The zero-order chi connectivity index (χ0) is 21.0. The van der Waals surface area contributed by atoms with Gasteiger partial charge in [-0.1, -0.05) is 65.5 Å². The summed E-state index contributed by atoms with van der Waals surface area (Å²) >= 11 is 0. The molecule has 4 aliphatic carbocycles. The van der Waals surface area contributed by atoms with Crippen LogP contribution < -0.4 is 5.73 Å². The van der Waals surface area contributed by atoms with Crippen molar-refractivity contribution in [3.05, 3.63) is 11.6 Å². The van der Waals surface area contributed by atoms with Crippen LogP contribution in [-0.4, -0.2) is 17.3 Å². The van der Waals surface area contributed by atoms with Crippen LogP contribution in [0, 0.1) is 46.3 Å². The van der Waals surface area contributed by atoms with Crippen LogP contribution in [0.5, 0.6) is 0 Å². The number of nitrogens with two attached hydrogens (primary N) is 1. The number of rotatable bonds is 5. The Morgan fingerprint density at radius 3 is 2.59 bits per heavy atom. The Labute approximate surface area is 180 Å². The van der Waals surface area contributed by atoms with E-state index in [1.54, 1.807) is 0 Å². The molecule has 0 aromatic heterocycles. The molecule has 166 valence electrons. The molecule has 4 rings (SSSR count). The van der Waals surface area contributed by atoms with Gasteiger partial charge in [-0.25, -0.2) is 0 Å². The Morgan fingerprint density at radius 2 is 1.86 bits per heavy atom. The largest absolute Gasteiger partial charge is 0.391 e. The smallest absolute Gasteiger partial charge is 0.0728 e. The van der Waals surface area contributed by atoms with Crippen LogP contribution >= 0.6 is 0 Å². The van der Waals surface area contributed by atoms with Gasteiger partial charge in [0.05, 0.1) is 6.10 Å². The number of hydrogen-bond acceptors (Lipinski definition) is 2. The second-order valence-electron chi connectivity index (χ2n) is 12.4. The van der Waals surface area contributed by atoms with Crippen LogP contribution in [-0.2, 0) is 0 Å². The van der Waals surface area contributed by atoms with Crippen molar-refractivity contribution in [2.24, 2.45) is 52.1 Å². The zero-order valence-electron chi connectivity index (χ0n) is 19.8. The maximum absolute atomic E-state index is 10.4. The van der Waals surface area contributed by atoms with E-state index in [0.29, 0.717) is 5.41 Å². The molecule has 0 aromatic rings. The summed E-state index contributed by atoms with van der Waals surface area (Å²) in [7, 11) is 0. The number of fused-ring (bicyclic) bond motifs is 5. The number of aliphatic hydroxyl groups excluding tert-OH is 1. The first-order valence-corrected chi connectivity index (χ1v) is 12.8. The first-order valence-electron chi connectivity index (χ1n) is 12.8. The minimum atomic E-state index is -0.331. The average molecular weight is 402 g/mol. The summed E-state index contributed by atoms with van der Waals surface area (Å²) in [5, 5.41) is 10.4. The van der Waals surface area contributed by atoms with Gasteiger partial charge in [-0.2, -0.15) is 0 Å². The van der Waals surface area contributed by atoms with Crippen molar-refractivity contribution in [3.63, 3.8) is 0 Å². The van der Waals surface area contributed by atoms with Crippen molar-refractivity contribution >= 4 is 0 Å². The lowest BCUT2D eigenvalue weighted by molar-refractivity contribution is -0.0605. The van der Waals surface area contributed by atoms with E-state index in [1.807, 2.05) is 0 Å². The van der Waals surface area contributed by atoms with Crippen molar-refractivity contribution in [1.82, 2.24) is 0 Å². The Bertz CT molecular complexity index is 626. The van der Waals surface area contributed by atoms with E-state index in [1.165, 1.54) is 56.9 Å². The van der Waals surface area contributed by atoms with Gasteiger partial charge in [0.1, 0.15) is 0 Å². The maximum atomic E-state index is 10.4. The molecule has 29 heavy (non-hydrogen) atoms. The summed E-state index contributed by atoms with van der Waals surface area (Å²) in [6.45, 7) is 12.4. The van der Waals surface area contributed by atoms with Crippen LogP contribution in [0.25, 0.3) is 0 Å². The molecule has 0 aromatic carbocycles. The van der Waals surface area contributed by atoms with E-state index < -0.39 is 0 Å². The van der Waals surface area contributed by atoms with Crippen LogP contribution in [0.3, 0.4) is 0 Å². The van der Waals surface area contributed by atoms with Gasteiger partial charge in [0.2, 0.25) is 0 Å². The van der Waals surface area contributed by atoms with Gasteiger partial charge in [0, 0.05) is 6.04 Å². The van der Waals surface area contributed by atoms with E-state index >= 15 is 0 Å². The SMILES string of the molecule is CC(C)CCC[C@@H](C)[C@H]1CC[C@H]2[C@@H]3CC=C4C[C@@H](O)C(N)C[C@]4(C)[C@H]3CC[C@]12C. The Kier molecular flexibility index (Phi) is 6.01. The van der Waals surface area contributed by atoms with Crippen LogP contribution in [0.4, 0.5) is 0 Å². The van der Waals surface area contributed by atoms with Gasteiger partial charge in [-0.3, -0.25) is 0 Å². The fraction of sp³-hybridized carbons (Fsp3) is 0.926. The Balaban J connectivity index is 1.50. The van der Waals surface area contributed by atoms with Crippen molar-refractivity contribution in [3.8, 4) is 0 Å². The predicted octanol–water partition coefficient (Wildman–Crippen LogP) is 6.33. The highest BCUT2D eigenvalue weighted by atomic mass is 16.3. The second-order valence-corrected chi connectivity index (χ2v) is 12.4. The topological polar surface area (TPSA) is 46.2 Å². The molecule has 1 unspecified atom stereocenters. The summed E-state index contributed by atoms with van der Waals surface area (Å²) in [6.07, 6.45) is 15.2. The minimum absolute atomic E-state index is 0.0403. The molecule has 3 saturated carbocycles. The van der Waals surface area contributed by atoms with E-state index in [4.69, 9.17) is 5.73 Å². The van der Waals surface area contributed by atoms with Gasteiger partial charge in [-0.15, -0.1) is 0 Å². The standard InChI is InChI=1S/C27H47NO/c1-17(2)7-6-8-18(3)21-11-12-22-20-10-9-19-15-25(29)24(28)16-27(19,5)23(20)13-14-26(21,22)4/h9,17-18,20-25,29H,6-8,10-16,28H2,1-5H3/t18-,20+,21-,22+,23+,24?,25-,26-,27+/m1/s1. The van der Waals surface area contributed by atoms with Crippen LogP contribution in [0.1, 0.15) is 98.8 Å². The monoisotopic (exact) mass is 401 g/mol. The van der Waals surface area contributed by atoms with E-state index in [2.05, 4.69) is 40.7 Å². The molecule has 0 saturated heterocycles. The summed E-state index contributed by atoms with van der Waals surface area (Å²) in [6, 6.07) is -0.0403. The number of aliphatic hydroxyl groups is 1. The molecule has 0 spiro atoms. The molecule has 2 nitrogen and oxygen atoms in total. The molecule has 4 aliphatic rings. The highest BCUT2D eigenvalue weighted by molar-refractivity contribution is 5.26. The first kappa shape index (κ1) is 21.9. The molecule has 3 N–H and O–H groups in total. The second kappa shape index (κ2) is 7.97. The van der Waals surface area contributed by atoms with Gasteiger partial charge < -0.3 is 10.8 Å². The third kappa shape index (κ3) is 3.65. The Hall–Kier alpha value is -0.340. The summed E-state index contributed by atoms with van der Waals surface area (Å²) in [5.74, 6) is 5.18. The van der Waals surface area contributed by atoms with E-state index in [9.17, 15) is 5.11 Å². The minimum Gasteiger partial charge on any atom is -0.391 e. The molecule has 3 fully saturated rings. The van der Waals surface area contributed by atoms with Crippen molar-refractivity contribution in [2.75, 3.05) is 0 Å².